The van der Waals surface area contributed by atoms with Crippen molar-refractivity contribution in [1.29, 1.82) is 0 Å². The van der Waals surface area contributed by atoms with E-state index >= 15 is 0 Å². The monoisotopic (exact) mass is 398 g/mol. The van der Waals surface area contributed by atoms with E-state index in [0.29, 0.717) is 24.2 Å². The van der Waals surface area contributed by atoms with Crippen molar-refractivity contribution in [1.82, 2.24) is 24.3 Å². The molecule has 0 saturated carbocycles. The Morgan fingerprint density at radius 3 is 2.59 bits per heavy atom. The number of hydrogen-bond donors (Lipinski definition) is 0. The van der Waals surface area contributed by atoms with Crippen molar-refractivity contribution in [2.24, 2.45) is 7.05 Å². The van der Waals surface area contributed by atoms with Crippen molar-refractivity contribution in [3.63, 3.8) is 0 Å². The van der Waals surface area contributed by atoms with Gasteiger partial charge in [-0.05, 0) is 39.3 Å². The first kappa shape index (κ1) is 21.3. The number of aromatic nitrogens is 3. The van der Waals surface area contributed by atoms with E-state index in [1.165, 1.54) is 0 Å². The van der Waals surface area contributed by atoms with Gasteiger partial charge < -0.3 is 14.4 Å². The summed E-state index contributed by atoms with van der Waals surface area (Å²) in [5.41, 5.74) is 0.662. The molecule has 158 valence electrons. The first-order valence-corrected chi connectivity index (χ1v) is 10.7. The minimum absolute atomic E-state index is 0.0815. The third kappa shape index (κ3) is 4.78. The number of piperazine rings is 1. The Bertz CT molecular complexity index is 800. The number of hydrogen-bond acceptors (Lipinski definition) is 5. The van der Waals surface area contributed by atoms with Gasteiger partial charge in [0.15, 0.2) is 0 Å². The molecule has 0 aliphatic carbocycles. The molecule has 2 aromatic heterocycles. The lowest BCUT2D eigenvalue weighted by Gasteiger charge is -2.43. The molecule has 7 nitrogen and oxygen atoms in total. The van der Waals surface area contributed by atoms with Gasteiger partial charge in [-0.1, -0.05) is 6.92 Å². The maximum absolute atomic E-state index is 13.0. The Labute approximate surface area is 174 Å². The van der Waals surface area contributed by atoms with Crippen LogP contribution in [0, 0.1) is 0 Å². The molecule has 3 rings (SSSR count). The zero-order chi connectivity index (χ0) is 21.0. The van der Waals surface area contributed by atoms with Crippen LogP contribution in [-0.4, -0.2) is 68.5 Å². The zero-order valence-electron chi connectivity index (χ0n) is 18.4. The Balaban J connectivity index is 1.67. The minimum atomic E-state index is 0.0815. The van der Waals surface area contributed by atoms with Crippen LogP contribution >= 0.6 is 0 Å². The molecular formula is C22H34N6O. The largest absolute Gasteiger partial charge is 0.349 e. The van der Waals surface area contributed by atoms with Gasteiger partial charge in [0.1, 0.15) is 11.6 Å². The second-order valence-corrected chi connectivity index (χ2v) is 8.02. The van der Waals surface area contributed by atoms with E-state index in [2.05, 4.69) is 47.5 Å². The number of imidazole rings is 1. The van der Waals surface area contributed by atoms with Gasteiger partial charge in [-0.25, -0.2) is 9.97 Å². The van der Waals surface area contributed by atoms with E-state index in [9.17, 15) is 4.79 Å². The highest BCUT2D eigenvalue weighted by Gasteiger charge is 2.30. The van der Waals surface area contributed by atoms with Crippen LogP contribution in [0.3, 0.4) is 0 Å². The van der Waals surface area contributed by atoms with Crippen LogP contribution in [0.5, 0.6) is 0 Å². The second kappa shape index (κ2) is 9.39. The van der Waals surface area contributed by atoms with Gasteiger partial charge in [-0.2, -0.15) is 0 Å². The van der Waals surface area contributed by atoms with Crippen LogP contribution in [0.1, 0.15) is 50.3 Å². The first-order valence-electron chi connectivity index (χ1n) is 10.7. The highest BCUT2D eigenvalue weighted by atomic mass is 16.2. The Kier molecular flexibility index (Phi) is 6.90. The summed E-state index contributed by atoms with van der Waals surface area (Å²) < 4.78 is 2.02. The molecule has 7 heteroatoms. The molecule has 1 atom stereocenters. The number of amides is 1. The number of anilines is 1. The van der Waals surface area contributed by atoms with Crippen molar-refractivity contribution in [2.45, 2.75) is 52.7 Å². The summed E-state index contributed by atoms with van der Waals surface area (Å²) in [5.74, 6) is 1.93. The van der Waals surface area contributed by atoms with Crippen LogP contribution in [-0.2, 0) is 13.6 Å². The maximum atomic E-state index is 13.0. The van der Waals surface area contributed by atoms with Crippen molar-refractivity contribution in [3.05, 3.63) is 42.1 Å². The van der Waals surface area contributed by atoms with Gasteiger partial charge in [0.25, 0.3) is 5.91 Å². The summed E-state index contributed by atoms with van der Waals surface area (Å²) in [6.45, 7) is 12.8. The number of carbonyl (C=O) groups is 1. The van der Waals surface area contributed by atoms with E-state index < -0.39 is 0 Å². The molecule has 3 heterocycles. The molecule has 1 amide bonds. The molecule has 0 bridgehead atoms. The van der Waals surface area contributed by atoms with Gasteiger partial charge in [0, 0.05) is 63.9 Å². The molecule has 1 unspecified atom stereocenters. The van der Waals surface area contributed by atoms with E-state index in [4.69, 9.17) is 0 Å². The topological polar surface area (TPSA) is 57.5 Å². The molecule has 29 heavy (non-hydrogen) atoms. The van der Waals surface area contributed by atoms with Crippen LogP contribution in [0.2, 0.25) is 0 Å². The highest BCUT2D eigenvalue weighted by Crippen LogP contribution is 2.19. The summed E-state index contributed by atoms with van der Waals surface area (Å²) in [6.07, 6.45) is 6.52. The average Bonchev–Trinajstić information content (AvgIpc) is 3.15. The molecule has 1 aliphatic heterocycles. The zero-order valence-corrected chi connectivity index (χ0v) is 18.4. The normalized spacial score (nSPS) is 17.7. The quantitative estimate of drug-likeness (QED) is 0.718. The van der Waals surface area contributed by atoms with Gasteiger partial charge in [-0.3, -0.25) is 9.69 Å². The molecule has 0 radical (unpaired) electrons. The number of carbonyl (C=O) groups excluding carboxylic acids is 1. The second-order valence-electron chi connectivity index (χ2n) is 8.02. The molecule has 0 spiro atoms. The lowest BCUT2D eigenvalue weighted by Crippen LogP contribution is -2.56. The van der Waals surface area contributed by atoms with Crippen LogP contribution in [0.25, 0.3) is 0 Å². The SMILES string of the molecule is CCC1CN(C(=O)c2ccc(N(CC)Cc3nccn3C)nc2)CCN1C(C)C. The van der Waals surface area contributed by atoms with Gasteiger partial charge >= 0.3 is 0 Å². The van der Waals surface area contributed by atoms with E-state index in [1.807, 2.05) is 34.8 Å². The predicted octanol–water partition coefficient (Wildman–Crippen LogP) is 2.79. The average molecular weight is 399 g/mol. The fourth-order valence-electron chi connectivity index (χ4n) is 4.05. The predicted molar refractivity (Wildman–Crippen MR) is 116 cm³/mol. The number of pyridine rings is 1. The standard InChI is InChI=1S/C22H34N6O/c1-6-19-15-27(12-13-28(19)17(3)4)22(29)18-8-9-20(24-14-18)26(7-2)16-21-23-10-11-25(21)5/h8-11,14,17,19H,6-7,12-13,15-16H2,1-5H3. The van der Waals surface area contributed by atoms with Crippen LogP contribution in [0.15, 0.2) is 30.7 Å². The minimum Gasteiger partial charge on any atom is -0.349 e. The van der Waals surface area contributed by atoms with Crippen molar-refractivity contribution in [3.8, 4) is 0 Å². The van der Waals surface area contributed by atoms with E-state index in [1.54, 1.807) is 12.4 Å². The van der Waals surface area contributed by atoms with Crippen LogP contribution in [0.4, 0.5) is 5.82 Å². The fourth-order valence-corrected chi connectivity index (χ4v) is 4.05. The molecule has 0 N–H and O–H groups in total. The van der Waals surface area contributed by atoms with Crippen LogP contribution < -0.4 is 4.90 Å². The first-order chi connectivity index (χ1) is 13.9. The lowest BCUT2D eigenvalue weighted by molar-refractivity contribution is 0.0371. The molecule has 1 aliphatic rings. The smallest absolute Gasteiger partial charge is 0.255 e. The van der Waals surface area contributed by atoms with Gasteiger partial charge in [-0.15, -0.1) is 0 Å². The van der Waals surface area contributed by atoms with Gasteiger partial charge in [0.2, 0.25) is 0 Å². The molecule has 2 aromatic rings. The van der Waals surface area contributed by atoms with Gasteiger partial charge in [0.05, 0.1) is 12.1 Å². The summed E-state index contributed by atoms with van der Waals surface area (Å²) in [4.78, 5) is 28.7. The Hall–Kier alpha value is -2.41. The van der Waals surface area contributed by atoms with Crippen molar-refractivity contribution in [2.75, 3.05) is 31.1 Å². The third-order valence-corrected chi connectivity index (χ3v) is 5.90. The van der Waals surface area contributed by atoms with Crippen molar-refractivity contribution >= 4 is 11.7 Å². The highest BCUT2D eigenvalue weighted by molar-refractivity contribution is 5.94. The summed E-state index contributed by atoms with van der Waals surface area (Å²) >= 11 is 0. The molecule has 0 aromatic carbocycles. The maximum Gasteiger partial charge on any atom is 0.255 e. The van der Waals surface area contributed by atoms with E-state index in [0.717, 1.165) is 44.2 Å². The lowest BCUT2D eigenvalue weighted by atomic mass is 10.1. The molecule has 1 fully saturated rings. The number of aryl methyl sites for hydroxylation is 1. The third-order valence-electron chi connectivity index (χ3n) is 5.90. The number of rotatable bonds is 7. The number of nitrogens with zero attached hydrogens (tertiary/aromatic N) is 6. The summed E-state index contributed by atoms with van der Waals surface area (Å²) in [7, 11) is 1.99. The van der Waals surface area contributed by atoms with Crippen molar-refractivity contribution < 1.29 is 4.79 Å². The Morgan fingerprint density at radius 2 is 2.03 bits per heavy atom. The summed E-state index contributed by atoms with van der Waals surface area (Å²) in [6, 6.07) is 4.79. The molecule has 1 saturated heterocycles. The summed E-state index contributed by atoms with van der Waals surface area (Å²) in [5, 5.41) is 0. The van der Waals surface area contributed by atoms with E-state index in [-0.39, 0.29) is 5.91 Å². The Morgan fingerprint density at radius 1 is 1.24 bits per heavy atom. The molecular weight excluding hydrogens is 364 g/mol. The fraction of sp³-hybridized carbons (Fsp3) is 0.591.